The highest BCUT2D eigenvalue weighted by Crippen LogP contribution is 2.34. The summed E-state index contributed by atoms with van der Waals surface area (Å²) < 4.78 is 7.61. The lowest BCUT2D eigenvalue weighted by molar-refractivity contribution is 0.0513. The average Bonchev–Trinajstić information content (AvgIpc) is 2.91. The first-order valence-corrected chi connectivity index (χ1v) is 6.42. The number of rotatable bonds is 2. The minimum absolute atomic E-state index is 0.0543. The topological polar surface area (TPSA) is 52.5 Å². The molecule has 0 aromatic carbocycles. The number of nitrogens with two attached hydrogens (primary N) is 1. The van der Waals surface area contributed by atoms with Gasteiger partial charge in [-0.3, -0.25) is 4.40 Å². The molecule has 0 unspecified atom stereocenters. The van der Waals surface area contributed by atoms with Crippen LogP contribution in [0.4, 0.5) is 0 Å². The number of ether oxygens (including phenoxy) is 1. The van der Waals surface area contributed by atoms with Gasteiger partial charge in [0.05, 0.1) is 11.9 Å². The number of fused-ring (bicyclic) bond motifs is 1. The van der Waals surface area contributed by atoms with Gasteiger partial charge in [0.1, 0.15) is 0 Å². The van der Waals surface area contributed by atoms with E-state index in [0.717, 1.165) is 31.0 Å². The molecule has 1 aliphatic heterocycles. The quantitative estimate of drug-likeness (QED) is 0.859. The Bertz CT molecular complexity index is 484. The van der Waals surface area contributed by atoms with E-state index in [4.69, 9.17) is 10.5 Å². The molecule has 0 amide bonds. The molecule has 0 saturated carbocycles. The van der Waals surface area contributed by atoms with Gasteiger partial charge in [-0.25, -0.2) is 4.98 Å². The maximum atomic E-state index is 6.00. The van der Waals surface area contributed by atoms with Crippen molar-refractivity contribution in [3.63, 3.8) is 0 Å². The van der Waals surface area contributed by atoms with Crippen molar-refractivity contribution in [2.24, 2.45) is 5.73 Å². The number of nitrogens with zero attached hydrogens (tertiary/aromatic N) is 2. The fraction of sp³-hybridized carbons (Fsp3) is 0.545. The fourth-order valence-electron chi connectivity index (χ4n) is 2.45. The predicted molar refractivity (Wildman–Crippen MR) is 63.9 cm³/mol. The molecule has 0 spiro atoms. The molecule has 0 bridgehead atoms. The van der Waals surface area contributed by atoms with Crippen molar-refractivity contribution >= 4 is 16.3 Å². The zero-order chi connectivity index (χ0) is 11.0. The van der Waals surface area contributed by atoms with Crippen molar-refractivity contribution in [3.05, 3.63) is 23.5 Å². The number of aromatic nitrogens is 2. The molecule has 3 heterocycles. The number of hydrogen-bond donors (Lipinski definition) is 1. The van der Waals surface area contributed by atoms with E-state index >= 15 is 0 Å². The van der Waals surface area contributed by atoms with Crippen LogP contribution in [0.5, 0.6) is 0 Å². The Labute approximate surface area is 98.0 Å². The van der Waals surface area contributed by atoms with Gasteiger partial charge in [0.15, 0.2) is 4.96 Å². The highest BCUT2D eigenvalue weighted by molar-refractivity contribution is 7.15. The van der Waals surface area contributed by atoms with Crippen molar-refractivity contribution in [2.45, 2.75) is 18.3 Å². The smallest absolute Gasteiger partial charge is 0.193 e. The van der Waals surface area contributed by atoms with Gasteiger partial charge in [0.25, 0.3) is 0 Å². The molecule has 5 heteroatoms. The van der Waals surface area contributed by atoms with Crippen LogP contribution in [0.3, 0.4) is 0 Å². The normalized spacial score (nSPS) is 20.3. The van der Waals surface area contributed by atoms with E-state index < -0.39 is 0 Å². The van der Waals surface area contributed by atoms with Crippen LogP contribution >= 0.6 is 11.3 Å². The summed E-state index contributed by atoms with van der Waals surface area (Å²) in [6.45, 7) is 2.27. The lowest BCUT2D eigenvalue weighted by Gasteiger charge is -2.35. The lowest BCUT2D eigenvalue weighted by atomic mass is 9.77. The second-order valence-electron chi connectivity index (χ2n) is 4.30. The molecular weight excluding hydrogens is 222 g/mol. The zero-order valence-electron chi connectivity index (χ0n) is 9.06. The third kappa shape index (κ3) is 1.39. The van der Waals surface area contributed by atoms with Gasteiger partial charge >= 0.3 is 0 Å². The minimum atomic E-state index is 0.0543. The second kappa shape index (κ2) is 3.84. The Balaban J connectivity index is 2.09. The van der Waals surface area contributed by atoms with Crippen molar-refractivity contribution in [3.8, 4) is 0 Å². The van der Waals surface area contributed by atoms with E-state index in [0.29, 0.717) is 6.54 Å². The zero-order valence-corrected chi connectivity index (χ0v) is 9.87. The first-order chi connectivity index (χ1) is 7.86. The van der Waals surface area contributed by atoms with Crippen LogP contribution in [-0.2, 0) is 10.2 Å². The van der Waals surface area contributed by atoms with Gasteiger partial charge in [-0.15, -0.1) is 11.3 Å². The van der Waals surface area contributed by atoms with Gasteiger partial charge in [0.2, 0.25) is 0 Å². The lowest BCUT2D eigenvalue weighted by Crippen LogP contribution is -2.41. The van der Waals surface area contributed by atoms with E-state index in [1.54, 1.807) is 11.3 Å². The average molecular weight is 237 g/mol. The maximum Gasteiger partial charge on any atom is 0.193 e. The molecule has 86 valence electrons. The van der Waals surface area contributed by atoms with Crippen molar-refractivity contribution in [1.82, 2.24) is 9.38 Å². The highest BCUT2D eigenvalue weighted by Gasteiger charge is 2.35. The van der Waals surface area contributed by atoms with Crippen LogP contribution in [0.1, 0.15) is 18.5 Å². The van der Waals surface area contributed by atoms with Crippen LogP contribution < -0.4 is 5.73 Å². The summed E-state index contributed by atoms with van der Waals surface area (Å²) in [6, 6.07) is 0. The number of imidazole rings is 1. The molecule has 1 fully saturated rings. The molecule has 4 nitrogen and oxygen atoms in total. The molecular formula is C11H15N3OS. The van der Waals surface area contributed by atoms with Gasteiger partial charge in [-0.1, -0.05) is 0 Å². The standard InChI is InChI=1S/C11H15N3OS/c12-8-11(1-4-15-5-2-11)9-7-13-10-14(9)3-6-16-10/h3,6-7H,1-2,4-5,8,12H2. The Morgan fingerprint density at radius 3 is 3.06 bits per heavy atom. The summed E-state index contributed by atoms with van der Waals surface area (Å²) in [5.74, 6) is 0. The molecule has 16 heavy (non-hydrogen) atoms. The van der Waals surface area contributed by atoms with Crippen molar-refractivity contribution in [2.75, 3.05) is 19.8 Å². The summed E-state index contributed by atoms with van der Waals surface area (Å²) in [7, 11) is 0. The molecule has 0 atom stereocenters. The first kappa shape index (κ1) is 10.3. The summed E-state index contributed by atoms with van der Waals surface area (Å²) in [6.07, 6.45) is 6.04. The molecule has 1 saturated heterocycles. The van der Waals surface area contributed by atoms with Crippen molar-refractivity contribution < 1.29 is 4.74 Å². The van der Waals surface area contributed by atoms with E-state index in [2.05, 4.69) is 21.0 Å². The Hall–Kier alpha value is -0.910. The van der Waals surface area contributed by atoms with Crippen LogP contribution in [0.15, 0.2) is 17.8 Å². The molecule has 2 aromatic rings. The Kier molecular flexibility index (Phi) is 2.46. The molecule has 2 N–H and O–H groups in total. The van der Waals surface area contributed by atoms with Crippen LogP contribution in [0.25, 0.3) is 4.96 Å². The van der Waals surface area contributed by atoms with Gasteiger partial charge in [-0.2, -0.15) is 0 Å². The van der Waals surface area contributed by atoms with Crippen LogP contribution in [-0.4, -0.2) is 29.1 Å². The van der Waals surface area contributed by atoms with Gasteiger partial charge in [0, 0.05) is 36.8 Å². The van der Waals surface area contributed by atoms with E-state index in [1.165, 1.54) is 5.69 Å². The third-order valence-corrected chi connectivity index (χ3v) is 4.30. The monoisotopic (exact) mass is 237 g/mol. The molecule has 0 aliphatic carbocycles. The summed E-state index contributed by atoms with van der Waals surface area (Å²) >= 11 is 1.66. The fourth-order valence-corrected chi connectivity index (χ4v) is 3.14. The number of hydrogen-bond acceptors (Lipinski definition) is 4. The van der Waals surface area contributed by atoms with Crippen LogP contribution in [0, 0.1) is 0 Å². The predicted octanol–water partition coefficient (Wildman–Crippen LogP) is 1.40. The second-order valence-corrected chi connectivity index (χ2v) is 5.17. The molecule has 2 aromatic heterocycles. The molecule has 3 rings (SSSR count). The molecule has 1 aliphatic rings. The summed E-state index contributed by atoms with van der Waals surface area (Å²) in [4.78, 5) is 5.48. The van der Waals surface area contributed by atoms with E-state index in [9.17, 15) is 0 Å². The SMILES string of the molecule is NCC1(c2cnc3sccn23)CCOCC1. The van der Waals surface area contributed by atoms with Gasteiger partial charge in [-0.05, 0) is 12.8 Å². The molecule has 0 radical (unpaired) electrons. The minimum Gasteiger partial charge on any atom is -0.381 e. The summed E-state index contributed by atoms with van der Waals surface area (Å²) in [5.41, 5.74) is 7.30. The first-order valence-electron chi connectivity index (χ1n) is 5.55. The largest absolute Gasteiger partial charge is 0.381 e. The number of thiazole rings is 1. The van der Waals surface area contributed by atoms with E-state index in [-0.39, 0.29) is 5.41 Å². The Morgan fingerprint density at radius 2 is 2.31 bits per heavy atom. The third-order valence-electron chi connectivity index (χ3n) is 3.53. The maximum absolute atomic E-state index is 6.00. The van der Waals surface area contributed by atoms with Crippen LogP contribution in [0.2, 0.25) is 0 Å². The highest BCUT2D eigenvalue weighted by atomic mass is 32.1. The van der Waals surface area contributed by atoms with Crippen molar-refractivity contribution in [1.29, 1.82) is 0 Å². The van der Waals surface area contributed by atoms with E-state index in [1.807, 2.05) is 6.20 Å². The Morgan fingerprint density at radius 1 is 1.50 bits per heavy atom. The summed E-state index contributed by atoms with van der Waals surface area (Å²) in [5, 5.41) is 2.06. The van der Waals surface area contributed by atoms with Gasteiger partial charge < -0.3 is 10.5 Å².